The molecule has 0 heterocycles. The fraction of sp³-hybridized carbons (Fsp3) is 0.0714. The standard InChI is InChI=1S/C28H20Cl2N2O3/c1-34-26-15-19(14-24(30)27(26)35-17-18-9-11-22(29)12-10-18)13-21(16-31)28(33)32-25-8-4-6-20-5-2-3-7-23(20)25/h2-15H,17H2,1H3,(H,32,33)/b21-13+. The van der Waals surface area contributed by atoms with Crippen molar-refractivity contribution in [2.75, 3.05) is 12.4 Å². The van der Waals surface area contributed by atoms with Gasteiger partial charge in [0.1, 0.15) is 18.2 Å². The lowest BCUT2D eigenvalue weighted by Crippen LogP contribution is -2.13. The molecule has 0 atom stereocenters. The zero-order chi connectivity index (χ0) is 24.8. The van der Waals surface area contributed by atoms with Crippen LogP contribution >= 0.6 is 23.2 Å². The Morgan fingerprint density at radius 1 is 1.03 bits per heavy atom. The van der Waals surface area contributed by atoms with Crippen molar-refractivity contribution >= 4 is 51.6 Å². The largest absolute Gasteiger partial charge is 0.493 e. The minimum Gasteiger partial charge on any atom is -0.493 e. The minimum absolute atomic E-state index is 0.0779. The van der Waals surface area contributed by atoms with Crippen molar-refractivity contribution in [3.63, 3.8) is 0 Å². The van der Waals surface area contributed by atoms with Crippen molar-refractivity contribution in [2.45, 2.75) is 6.61 Å². The van der Waals surface area contributed by atoms with Crippen molar-refractivity contribution in [1.82, 2.24) is 0 Å². The Labute approximate surface area is 213 Å². The molecule has 1 N–H and O–H groups in total. The second kappa shape index (κ2) is 11.0. The highest BCUT2D eigenvalue weighted by Crippen LogP contribution is 2.37. The van der Waals surface area contributed by atoms with Crippen LogP contribution < -0.4 is 14.8 Å². The summed E-state index contributed by atoms with van der Waals surface area (Å²) in [4.78, 5) is 12.9. The molecule has 4 aromatic rings. The number of nitrogens with one attached hydrogen (secondary N) is 1. The average Bonchev–Trinajstić information content (AvgIpc) is 2.87. The predicted octanol–water partition coefficient (Wildman–Crippen LogP) is 7.28. The number of nitrogens with zero attached hydrogens (tertiary/aromatic N) is 1. The van der Waals surface area contributed by atoms with Gasteiger partial charge >= 0.3 is 0 Å². The van der Waals surface area contributed by atoms with Gasteiger partial charge in [-0.3, -0.25) is 4.79 Å². The molecular weight excluding hydrogens is 483 g/mol. The average molecular weight is 503 g/mol. The third-order valence-corrected chi connectivity index (χ3v) is 5.79. The minimum atomic E-state index is -0.526. The lowest BCUT2D eigenvalue weighted by Gasteiger charge is -2.14. The lowest BCUT2D eigenvalue weighted by molar-refractivity contribution is -0.112. The number of benzene rings is 4. The predicted molar refractivity (Wildman–Crippen MR) is 140 cm³/mol. The van der Waals surface area contributed by atoms with Crippen LogP contribution in [0.1, 0.15) is 11.1 Å². The second-order valence-corrected chi connectivity index (χ2v) is 8.44. The Balaban J connectivity index is 1.57. The number of fused-ring (bicyclic) bond motifs is 1. The topological polar surface area (TPSA) is 71.3 Å². The number of halogens is 2. The molecule has 0 bridgehead atoms. The van der Waals surface area contributed by atoms with Crippen LogP contribution in [0.25, 0.3) is 16.8 Å². The van der Waals surface area contributed by atoms with Crippen molar-refractivity contribution in [2.24, 2.45) is 0 Å². The molecular formula is C28H20Cl2N2O3. The van der Waals surface area contributed by atoms with Gasteiger partial charge < -0.3 is 14.8 Å². The van der Waals surface area contributed by atoms with E-state index in [4.69, 9.17) is 32.7 Å². The maximum Gasteiger partial charge on any atom is 0.266 e. The summed E-state index contributed by atoms with van der Waals surface area (Å²) < 4.78 is 11.3. The molecule has 5 nitrogen and oxygen atoms in total. The van der Waals surface area contributed by atoms with Crippen LogP contribution in [0.4, 0.5) is 5.69 Å². The van der Waals surface area contributed by atoms with E-state index in [9.17, 15) is 10.1 Å². The van der Waals surface area contributed by atoms with Gasteiger partial charge in [-0.25, -0.2) is 0 Å². The number of hydrogen-bond acceptors (Lipinski definition) is 4. The third kappa shape index (κ3) is 5.75. The summed E-state index contributed by atoms with van der Waals surface area (Å²) in [6, 6.07) is 25.8. The summed E-state index contributed by atoms with van der Waals surface area (Å²) in [7, 11) is 1.49. The van der Waals surface area contributed by atoms with E-state index in [1.165, 1.54) is 13.2 Å². The SMILES string of the molecule is COc1cc(/C=C(\C#N)C(=O)Nc2cccc3ccccc23)cc(Cl)c1OCc1ccc(Cl)cc1. The highest BCUT2D eigenvalue weighted by atomic mass is 35.5. The summed E-state index contributed by atoms with van der Waals surface area (Å²) >= 11 is 12.4. The number of hydrogen-bond donors (Lipinski definition) is 1. The van der Waals surface area contributed by atoms with Gasteiger partial charge in [0.25, 0.3) is 5.91 Å². The number of anilines is 1. The summed E-state index contributed by atoms with van der Waals surface area (Å²) in [6.07, 6.45) is 1.46. The number of amides is 1. The maximum absolute atomic E-state index is 12.9. The molecule has 35 heavy (non-hydrogen) atoms. The number of carbonyl (C=O) groups excluding carboxylic acids is 1. The van der Waals surface area contributed by atoms with E-state index >= 15 is 0 Å². The van der Waals surface area contributed by atoms with Gasteiger partial charge in [-0.05, 0) is 52.9 Å². The van der Waals surface area contributed by atoms with Crippen LogP contribution in [0, 0.1) is 11.3 Å². The summed E-state index contributed by atoms with van der Waals surface area (Å²) in [6.45, 7) is 0.263. The number of nitriles is 1. The molecule has 0 aliphatic rings. The third-order valence-electron chi connectivity index (χ3n) is 5.26. The highest BCUT2D eigenvalue weighted by molar-refractivity contribution is 6.32. The molecule has 0 fully saturated rings. The Morgan fingerprint density at radius 3 is 2.51 bits per heavy atom. The fourth-order valence-corrected chi connectivity index (χ4v) is 3.94. The summed E-state index contributed by atoms with van der Waals surface area (Å²) in [5.74, 6) is 0.214. The normalized spacial score (nSPS) is 11.1. The zero-order valence-electron chi connectivity index (χ0n) is 18.7. The molecule has 0 saturated carbocycles. The van der Waals surface area contributed by atoms with Crippen LogP contribution in [-0.2, 0) is 11.4 Å². The first-order valence-corrected chi connectivity index (χ1v) is 11.4. The Hall–Kier alpha value is -3.98. The maximum atomic E-state index is 12.9. The number of ether oxygens (including phenoxy) is 2. The van der Waals surface area contributed by atoms with Gasteiger partial charge in [-0.2, -0.15) is 5.26 Å². The van der Waals surface area contributed by atoms with Gasteiger partial charge in [0.15, 0.2) is 11.5 Å². The van der Waals surface area contributed by atoms with E-state index in [0.717, 1.165) is 16.3 Å². The Bertz CT molecular complexity index is 1450. The molecule has 0 aliphatic carbocycles. The number of rotatable bonds is 7. The summed E-state index contributed by atoms with van der Waals surface area (Å²) in [5, 5.41) is 15.3. The van der Waals surface area contributed by atoms with Crippen molar-refractivity contribution in [3.05, 3.63) is 106 Å². The van der Waals surface area contributed by atoms with E-state index in [-0.39, 0.29) is 17.2 Å². The van der Waals surface area contributed by atoms with E-state index in [1.54, 1.807) is 30.3 Å². The van der Waals surface area contributed by atoms with Gasteiger partial charge in [-0.15, -0.1) is 0 Å². The van der Waals surface area contributed by atoms with Gasteiger partial charge in [0, 0.05) is 16.1 Å². The van der Waals surface area contributed by atoms with Crippen LogP contribution in [-0.4, -0.2) is 13.0 Å². The van der Waals surface area contributed by atoms with Gasteiger partial charge in [-0.1, -0.05) is 71.7 Å². The molecule has 0 aliphatic heterocycles. The van der Waals surface area contributed by atoms with E-state index in [2.05, 4.69) is 5.32 Å². The van der Waals surface area contributed by atoms with E-state index in [1.807, 2.05) is 54.6 Å². The molecule has 0 spiro atoms. The monoisotopic (exact) mass is 502 g/mol. The van der Waals surface area contributed by atoms with Crippen LogP contribution in [0.2, 0.25) is 10.0 Å². The van der Waals surface area contributed by atoms with Crippen LogP contribution in [0.15, 0.2) is 84.4 Å². The van der Waals surface area contributed by atoms with Crippen molar-refractivity contribution in [1.29, 1.82) is 5.26 Å². The molecule has 0 unspecified atom stereocenters. The Kier molecular flexibility index (Phi) is 7.57. The van der Waals surface area contributed by atoms with Crippen LogP contribution in [0.5, 0.6) is 11.5 Å². The zero-order valence-corrected chi connectivity index (χ0v) is 20.2. The quantitative estimate of drug-likeness (QED) is 0.213. The van der Waals surface area contributed by atoms with Crippen molar-refractivity contribution < 1.29 is 14.3 Å². The first-order chi connectivity index (χ1) is 17.0. The van der Waals surface area contributed by atoms with E-state index < -0.39 is 5.91 Å². The van der Waals surface area contributed by atoms with Crippen LogP contribution in [0.3, 0.4) is 0 Å². The lowest BCUT2D eigenvalue weighted by atomic mass is 10.1. The molecule has 4 rings (SSSR count). The molecule has 1 amide bonds. The second-order valence-electron chi connectivity index (χ2n) is 7.60. The first kappa shape index (κ1) is 24.2. The first-order valence-electron chi connectivity index (χ1n) is 10.6. The number of methoxy groups -OCH3 is 1. The molecule has 174 valence electrons. The van der Waals surface area contributed by atoms with Crippen molar-refractivity contribution in [3.8, 4) is 17.6 Å². The summed E-state index contributed by atoms with van der Waals surface area (Å²) in [5.41, 5.74) is 1.98. The Morgan fingerprint density at radius 2 is 1.77 bits per heavy atom. The molecule has 0 aromatic heterocycles. The molecule has 0 radical (unpaired) electrons. The molecule has 0 saturated heterocycles. The van der Waals surface area contributed by atoms with E-state index in [0.29, 0.717) is 27.8 Å². The smallest absolute Gasteiger partial charge is 0.266 e. The fourth-order valence-electron chi connectivity index (χ4n) is 3.54. The highest BCUT2D eigenvalue weighted by Gasteiger charge is 2.15. The van der Waals surface area contributed by atoms with Gasteiger partial charge in [0.2, 0.25) is 0 Å². The molecule has 7 heteroatoms. The number of carbonyl (C=O) groups is 1. The molecule has 4 aromatic carbocycles. The van der Waals surface area contributed by atoms with Gasteiger partial charge in [0.05, 0.1) is 12.1 Å².